The van der Waals surface area contributed by atoms with E-state index in [1.165, 1.54) is 0 Å². The molecule has 1 rings (SSSR count). The molecule has 0 spiro atoms. The molecule has 0 saturated carbocycles. The molecule has 1 amide bonds. The van der Waals surface area contributed by atoms with Crippen molar-refractivity contribution in [1.29, 1.82) is 0 Å². The summed E-state index contributed by atoms with van der Waals surface area (Å²) in [5, 5.41) is 2.73. The Morgan fingerprint density at radius 3 is 2.87 bits per heavy atom. The molecular weight excluding hydrogens is 192 g/mol. The van der Waals surface area contributed by atoms with E-state index in [1.54, 1.807) is 12.3 Å². The SMILES string of the molecule is CC(C)C[C@H](N)C(=O)NCc1ccco1. The highest BCUT2D eigenvalue weighted by Gasteiger charge is 2.14. The maximum absolute atomic E-state index is 11.5. The molecule has 0 aliphatic carbocycles. The van der Waals surface area contributed by atoms with Crippen LogP contribution in [0.15, 0.2) is 22.8 Å². The van der Waals surface area contributed by atoms with E-state index in [2.05, 4.69) is 5.32 Å². The number of carbonyl (C=O) groups excluding carboxylic acids is 1. The average Bonchev–Trinajstić information content (AvgIpc) is 2.65. The molecule has 0 aliphatic rings. The Bertz CT molecular complexity index is 294. The lowest BCUT2D eigenvalue weighted by Crippen LogP contribution is -2.40. The van der Waals surface area contributed by atoms with Gasteiger partial charge in [0, 0.05) is 0 Å². The first-order valence-corrected chi connectivity index (χ1v) is 5.15. The molecular formula is C11H18N2O2. The summed E-state index contributed by atoms with van der Waals surface area (Å²) in [6.07, 6.45) is 2.28. The van der Waals surface area contributed by atoms with Gasteiger partial charge in [-0.1, -0.05) is 13.8 Å². The van der Waals surface area contributed by atoms with Gasteiger partial charge in [-0.05, 0) is 24.5 Å². The highest BCUT2D eigenvalue weighted by Crippen LogP contribution is 2.03. The maximum atomic E-state index is 11.5. The summed E-state index contributed by atoms with van der Waals surface area (Å²) < 4.78 is 5.09. The number of amides is 1. The number of furan rings is 1. The molecule has 0 fully saturated rings. The van der Waals surface area contributed by atoms with Gasteiger partial charge in [0.2, 0.25) is 5.91 Å². The lowest BCUT2D eigenvalue weighted by Gasteiger charge is -2.13. The van der Waals surface area contributed by atoms with Crippen molar-refractivity contribution in [3.05, 3.63) is 24.2 Å². The molecule has 1 heterocycles. The predicted octanol–water partition coefficient (Wildman–Crippen LogP) is 1.27. The van der Waals surface area contributed by atoms with Crippen LogP contribution >= 0.6 is 0 Å². The Labute approximate surface area is 89.8 Å². The molecule has 0 aliphatic heterocycles. The molecule has 4 heteroatoms. The van der Waals surface area contributed by atoms with Gasteiger partial charge in [0.05, 0.1) is 18.8 Å². The van der Waals surface area contributed by atoms with Crippen molar-refractivity contribution >= 4 is 5.91 Å². The number of nitrogens with two attached hydrogens (primary N) is 1. The van der Waals surface area contributed by atoms with Crippen LogP contribution < -0.4 is 11.1 Å². The monoisotopic (exact) mass is 210 g/mol. The van der Waals surface area contributed by atoms with Crippen LogP contribution in [0.2, 0.25) is 0 Å². The van der Waals surface area contributed by atoms with Gasteiger partial charge < -0.3 is 15.5 Å². The van der Waals surface area contributed by atoms with E-state index in [0.717, 1.165) is 5.76 Å². The predicted molar refractivity (Wildman–Crippen MR) is 58.0 cm³/mol. The number of hydrogen-bond acceptors (Lipinski definition) is 3. The highest BCUT2D eigenvalue weighted by molar-refractivity contribution is 5.81. The minimum atomic E-state index is -0.431. The Balaban J connectivity index is 2.29. The third-order valence-corrected chi connectivity index (χ3v) is 2.08. The summed E-state index contributed by atoms with van der Waals surface area (Å²) in [5.74, 6) is 1.04. The number of carbonyl (C=O) groups is 1. The van der Waals surface area contributed by atoms with Crippen molar-refractivity contribution in [2.45, 2.75) is 32.9 Å². The highest BCUT2D eigenvalue weighted by atomic mass is 16.3. The van der Waals surface area contributed by atoms with Gasteiger partial charge in [-0.3, -0.25) is 4.79 Å². The van der Waals surface area contributed by atoms with Gasteiger partial charge in [-0.25, -0.2) is 0 Å². The van der Waals surface area contributed by atoms with Crippen molar-refractivity contribution in [1.82, 2.24) is 5.32 Å². The van der Waals surface area contributed by atoms with Crippen LogP contribution in [0.4, 0.5) is 0 Å². The van der Waals surface area contributed by atoms with Crippen molar-refractivity contribution < 1.29 is 9.21 Å². The van der Waals surface area contributed by atoms with Gasteiger partial charge in [-0.15, -0.1) is 0 Å². The zero-order valence-electron chi connectivity index (χ0n) is 9.19. The van der Waals surface area contributed by atoms with E-state index in [-0.39, 0.29) is 5.91 Å². The van der Waals surface area contributed by atoms with Crippen LogP contribution in [0.1, 0.15) is 26.0 Å². The molecule has 1 atom stereocenters. The fourth-order valence-electron chi connectivity index (χ4n) is 1.33. The summed E-state index contributed by atoms with van der Waals surface area (Å²) in [6.45, 7) is 4.48. The number of hydrogen-bond donors (Lipinski definition) is 2. The van der Waals surface area contributed by atoms with Crippen molar-refractivity contribution in [2.75, 3.05) is 0 Å². The second-order valence-electron chi connectivity index (χ2n) is 4.03. The van der Waals surface area contributed by atoms with E-state index in [9.17, 15) is 4.79 Å². The first-order valence-electron chi connectivity index (χ1n) is 5.15. The summed E-state index contributed by atoms with van der Waals surface area (Å²) in [7, 11) is 0. The van der Waals surface area contributed by atoms with Crippen LogP contribution in [0, 0.1) is 5.92 Å². The smallest absolute Gasteiger partial charge is 0.237 e. The Morgan fingerprint density at radius 2 is 2.33 bits per heavy atom. The zero-order chi connectivity index (χ0) is 11.3. The van der Waals surface area contributed by atoms with Crippen LogP contribution in [-0.4, -0.2) is 11.9 Å². The summed E-state index contributed by atoms with van der Waals surface area (Å²) in [5.41, 5.74) is 5.71. The molecule has 0 aromatic carbocycles. The Morgan fingerprint density at radius 1 is 1.60 bits per heavy atom. The molecule has 0 unspecified atom stereocenters. The number of nitrogens with one attached hydrogen (secondary N) is 1. The summed E-state index contributed by atoms with van der Waals surface area (Å²) in [6, 6.07) is 3.17. The Kier molecular flexibility index (Phi) is 4.37. The first kappa shape index (κ1) is 11.8. The quantitative estimate of drug-likeness (QED) is 0.769. The zero-order valence-corrected chi connectivity index (χ0v) is 9.19. The average molecular weight is 210 g/mol. The van der Waals surface area contributed by atoms with Crippen LogP contribution in [0.5, 0.6) is 0 Å². The van der Waals surface area contributed by atoms with E-state index < -0.39 is 6.04 Å². The van der Waals surface area contributed by atoms with E-state index in [1.807, 2.05) is 19.9 Å². The minimum Gasteiger partial charge on any atom is -0.467 e. The molecule has 15 heavy (non-hydrogen) atoms. The van der Waals surface area contributed by atoms with Crippen LogP contribution in [0.25, 0.3) is 0 Å². The number of rotatable bonds is 5. The molecule has 3 N–H and O–H groups in total. The second-order valence-corrected chi connectivity index (χ2v) is 4.03. The lowest BCUT2D eigenvalue weighted by molar-refractivity contribution is -0.122. The summed E-state index contributed by atoms with van der Waals surface area (Å²) in [4.78, 5) is 11.5. The van der Waals surface area contributed by atoms with Crippen LogP contribution in [-0.2, 0) is 11.3 Å². The molecule has 0 bridgehead atoms. The fourth-order valence-corrected chi connectivity index (χ4v) is 1.33. The largest absolute Gasteiger partial charge is 0.467 e. The Hall–Kier alpha value is -1.29. The third-order valence-electron chi connectivity index (χ3n) is 2.08. The first-order chi connectivity index (χ1) is 7.09. The normalized spacial score (nSPS) is 12.8. The van der Waals surface area contributed by atoms with Gasteiger partial charge in [0.1, 0.15) is 5.76 Å². The fraction of sp³-hybridized carbons (Fsp3) is 0.545. The van der Waals surface area contributed by atoms with E-state index in [4.69, 9.17) is 10.2 Å². The van der Waals surface area contributed by atoms with Gasteiger partial charge >= 0.3 is 0 Å². The molecule has 0 radical (unpaired) electrons. The van der Waals surface area contributed by atoms with Crippen LogP contribution in [0.3, 0.4) is 0 Å². The van der Waals surface area contributed by atoms with Gasteiger partial charge in [0.15, 0.2) is 0 Å². The van der Waals surface area contributed by atoms with Gasteiger partial charge in [0.25, 0.3) is 0 Å². The van der Waals surface area contributed by atoms with Gasteiger partial charge in [-0.2, -0.15) is 0 Å². The molecule has 0 saturated heterocycles. The maximum Gasteiger partial charge on any atom is 0.237 e. The topological polar surface area (TPSA) is 68.3 Å². The molecule has 1 aromatic heterocycles. The minimum absolute atomic E-state index is 0.125. The molecule has 84 valence electrons. The molecule has 4 nitrogen and oxygen atoms in total. The lowest BCUT2D eigenvalue weighted by atomic mass is 10.0. The van der Waals surface area contributed by atoms with E-state index in [0.29, 0.717) is 18.9 Å². The summed E-state index contributed by atoms with van der Waals surface area (Å²) >= 11 is 0. The third kappa shape index (κ3) is 4.16. The van der Waals surface area contributed by atoms with Crippen molar-refractivity contribution in [2.24, 2.45) is 11.7 Å². The standard InChI is InChI=1S/C11H18N2O2/c1-8(2)6-10(12)11(14)13-7-9-4-3-5-15-9/h3-5,8,10H,6-7,12H2,1-2H3,(H,13,14)/t10-/m0/s1. The van der Waals surface area contributed by atoms with Crippen molar-refractivity contribution in [3.8, 4) is 0 Å². The second kappa shape index (κ2) is 5.56. The molecule has 1 aromatic rings. The van der Waals surface area contributed by atoms with Crippen molar-refractivity contribution in [3.63, 3.8) is 0 Å². The van der Waals surface area contributed by atoms with E-state index >= 15 is 0 Å².